The zero-order valence-corrected chi connectivity index (χ0v) is 19.0. The molecule has 1 heterocycles. The zero-order valence-electron chi connectivity index (χ0n) is 18.2. The number of amides is 1. The van der Waals surface area contributed by atoms with Crippen LogP contribution >= 0.6 is 11.6 Å². The second kappa shape index (κ2) is 9.00. The summed E-state index contributed by atoms with van der Waals surface area (Å²) < 4.78 is 8.16. The van der Waals surface area contributed by atoms with E-state index in [-0.39, 0.29) is 5.91 Å². The molecule has 0 fully saturated rings. The van der Waals surface area contributed by atoms with Crippen molar-refractivity contribution in [3.8, 4) is 5.75 Å². The fourth-order valence-electron chi connectivity index (χ4n) is 4.18. The number of nitrogens with zero attached hydrogens (tertiary/aromatic N) is 1. The van der Waals surface area contributed by atoms with E-state index in [0.29, 0.717) is 22.9 Å². The number of hydrogen-bond acceptors (Lipinski definition) is 2. The van der Waals surface area contributed by atoms with Crippen LogP contribution in [0.5, 0.6) is 5.75 Å². The molecule has 33 heavy (non-hydrogen) atoms. The second-order valence-electron chi connectivity index (χ2n) is 7.86. The van der Waals surface area contributed by atoms with Crippen LogP contribution in [0.4, 0.5) is 5.69 Å². The van der Waals surface area contributed by atoms with Crippen molar-refractivity contribution >= 4 is 45.0 Å². The molecule has 5 heteroatoms. The van der Waals surface area contributed by atoms with Crippen LogP contribution in [0.25, 0.3) is 21.8 Å². The summed E-state index contributed by atoms with van der Waals surface area (Å²) in [7, 11) is 0. The lowest BCUT2D eigenvalue weighted by molar-refractivity contribution is 0.102. The summed E-state index contributed by atoms with van der Waals surface area (Å²) in [5, 5.41) is 5.99. The first-order valence-corrected chi connectivity index (χ1v) is 11.3. The monoisotopic (exact) mass is 454 g/mol. The number of carbonyl (C=O) groups excluding carboxylic acids is 1. The number of ether oxygens (including phenoxy) is 1. The van der Waals surface area contributed by atoms with Crippen LogP contribution in [-0.2, 0) is 13.2 Å². The number of halogens is 1. The largest absolute Gasteiger partial charge is 0.489 e. The first kappa shape index (κ1) is 21.1. The molecule has 5 rings (SSSR count). The Labute approximate surface area is 197 Å². The van der Waals surface area contributed by atoms with Crippen molar-refractivity contribution in [2.45, 2.75) is 20.1 Å². The molecular weight excluding hydrogens is 432 g/mol. The van der Waals surface area contributed by atoms with Gasteiger partial charge in [0.15, 0.2) is 0 Å². The van der Waals surface area contributed by atoms with Crippen molar-refractivity contribution in [1.29, 1.82) is 0 Å². The third-order valence-electron chi connectivity index (χ3n) is 5.79. The van der Waals surface area contributed by atoms with Crippen molar-refractivity contribution in [3.05, 3.63) is 107 Å². The Hall–Kier alpha value is -3.76. The van der Waals surface area contributed by atoms with Crippen LogP contribution in [-0.4, -0.2) is 10.5 Å². The highest BCUT2D eigenvalue weighted by Gasteiger charge is 2.12. The van der Waals surface area contributed by atoms with E-state index in [1.165, 1.54) is 10.9 Å². The van der Waals surface area contributed by atoms with Crippen LogP contribution < -0.4 is 10.1 Å². The number of para-hydroxylation sites is 1. The second-order valence-corrected chi connectivity index (χ2v) is 8.26. The average molecular weight is 455 g/mol. The number of aryl methyl sites for hydroxylation is 1. The summed E-state index contributed by atoms with van der Waals surface area (Å²) in [6, 6.07) is 29.1. The van der Waals surface area contributed by atoms with Gasteiger partial charge in [0.25, 0.3) is 5.91 Å². The Bertz CT molecular complexity index is 1470. The van der Waals surface area contributed by atoms with E-state index >= 15 is 0 Å². The Morgan fingerprint density at radius 2 is 1.67 bits per heavy atom. The van der Waals surface area contributed by atoms with E-state index < -0.39 is 0 Å². The molecule has 0 aliphatic heterocycles. The number of benzene rings is 4. The SMILES string of the molecule is CCn1c2ccccc2c2cc(NC(=O)c3cccc(OCc4ccccc4Cl)c3)ccc21. The molecule has 1 amide bonds. The lowest BCUT2D eigenvalue weighted by Crippen LogP contribution is -2.12. The molecule has 164 valence electrons. The van der Waals surface area contributed by atoms with Gasteiger partial charge in [-0.1, -0.05) is 54.1 Å². The van der Waals surface area contributed by atoms with Gasteiger partial charge in [-0.05, 0) is 55.5 Å². The normalized spacial score (nSPS) is 11.1. The van der Waals surface area contributed by atoms with E-state index in [1.54, 1.807) is 12.1 Å². The van der Waals surface area contributed by atoms with Gasteiger partial charge in [-0.3, -0.25) is 4.79 Å². The molecule has 0 radical (unpaired) electrons. The fraction of sp³-hybridized carbons (Fsp3) is 0.107. The van der Waals surface area contributed by atoms with E-state index in [2.05, 4.69) is 41.1 Å². The molecule has 0 aliphatic carbocycles. The summed E-state index contributed by atoms with van der Waals surface area (Å²) in [4.78, 5) is 13.0. The topological polar surface area (TPSA) is 43.3 Å². The smallest absolute Gasteiger partial charge is 0.255 e. The first-order chi connectivity index (χ1) is 16.1. The molecule has 0 saturated heterocycles. The predicted octanol–water partition coefficient (Wildman–Crippen LogP) is 7.30. The molecule has 0 unspecified atom stereocenters. The fourth-order valence-corrected chi connectivity index (χ4v) is 4.37. The number of fused-ring (bicyclic) bond motifs is 3. The summed E-state index contributed by atoms with van der Waals surface area (Å²) in [5.41, 5.74) is 4.54. The molecule has 4 nitrogen and oxygen atoms in total. The molecule has 1 N–H and O–H groups in total. The molecule has 4 aromatic carbocycles. The molecule has 0 saturated carbocycles. The third-order valence-corrected chi connectivity index (χ3v) is 6.16. The highest BCUT2D eigenvalue weighted by molar-refractivity contribution is 6.31. The number of carbonyl (C=O) groups is 1. The summed E-state index contributed by atoms with van der Waals surface area (Å²) in [6.45, 7) is 3.36. The maximum absolute atomic E-state index is 13.0. The number of nitrogens with one attached hydrogen (secondary N) is 1. The lowest BCUT2D eigenvalue weighted by Gasteiger charge is -2.10. The number of aromatic nitrogens is 1. The quantitative estimate of drug-likeness (QED) is 0.292. The number of anilines is 1. The lowest BCUT2D eigenvalue weighted by atomic mass is 10.1. The maximum atomic E-state index is 13.0. The van der Waals surface area contributed by atoms with Crippen molar-refractivity contribution in [2.75, 3.05) is 5.32 Å². The number of hydrogen-bond donors (Lipinski definition) is 1. The minimum atomic E-state index is -0.184. The van der Waals surface area contributed by atoms with E-state index in [4.69, 9.17) is 16.3 Å². The van der Waals surface area contributed by atoms with Crippen molar-refractivity contribution < 1.29 is 9.53 Å². The standard InChI is InChI=1S/C28H23ClN2O2/c1-2-31-26-13-6-4-11-23(26)24-17-21(14-15-27(24)31)30-28(32)19-9-7-10-22(16-19)33-18-20-8-3-5-12-25(20)29/h3-17H,2,18H2,1H3,(H,30,32). The van der Waals surface area contributed by atoms with Gasteiger partial charge in [0, 0.05) is 50.2 Å². The molecule has 0 aliphatic rings. The van der Waals surface area contributed by atoms with Gasteiger partial charge in [-0.25, -0.2) is 0 Å². The first-order valence-electron chi connectivity index (χ1n) is 10.9. The predicted molar refractivity (Wildman–Crippen MR) is 135 cm³/mol. The highest BCUT2D eigenvalue weighted by atomic mass is 35.5. The van der Waals surface area contributed by atoms with Gasteiger partial charge in [0.1, 0.15) is 12.4 Å². The van der Waals surface area contributed by atoms with Crippen molar-refractivity contribution in [2.24, 2.45) is 0 Å². The van der Waals surface area contributed by atoms with Crippen LogP contribution in [0.15, 0.2) is 91.0 Å². The molecule has 5 aromatic rings. The Kier molecular flexibility index (Phi) is 5.76. The minimum absolute atomic E-state index is 0.184. The van der Waals surface area contributed by atoms with Crippen LogP contribution in [0.2, 0.25) is 5.02 Å². The third kappa shape index (κ3) is 4.18. The molecule has 0 spiro atoms. The van der Waals surface area contributed by atoms with Gasteiger partial charge in [-0.2, -0.15) is 0 Å². The Balaban J connectivity index is 1.37. The van der Waals surface area contributed by atoms with Gasteiger partial charge in [0.2, 0.25) is 0 Å². The highest BCUT2D eigenvalue weighted by Crippen LogP contribution is 2.31. The van der Waals surface area contributed by atoms with Crippen LogP contribution in [0, 0.1) is 0 Å². The maximum Gasteiger partial charge on any atom is 0.255 e. The van der Waals surface area contributed by atoms with E-state index in [9.17, 15) is 4.79 Å². The summed E-state index contributed by atoms with van der Waals surface area (Å²) >= 11 is 6.21. The van der Waals surface area contributed by atoms with Crippen molar-refractivity contribution in [1.82, 2.24) is 4.57 Å². The van der Waals surface area contributed by atoms with Gasteiger partial charge >= 0.3 is 0 Å². The van der Waals surface area contributed by atoms with Crippen LogP contribution in [0.1, 0.15) is 22.8 Å². The van der Waals surface area contributed by atoms with Gasteiger partial charge in [-0.15, -0.1) is 0 Å². The molecule has 1 aromatic heterocycles. The van der Waals surface area contributed by atoms with E-state index in [0.717, 1.165) is 28.7 Å². The van der Waals surface area contributed by atoms with Gasteiger partial charge < -0.3 is 14.6 Å². The summed E-state index contributed by atoms with van der Waals surface area (Å²) in [6.07, 6.45) is 0. The molecule has 0 bridgehead atoms. The Morgan fingerprint density at radius 1 is 0.879 bits per heavy atom. The van der Waals surface area contributed by atoms with Crippen LogP contribution in [0.3, 0.4) is 0 Å². The number of rotatable bonds is 6. The average Bonchev–Trinajstić information content (AvgIpc) is 3.17. The minimum Gasteiger partial charge on any atom is -0.489 e. The summed E-state index contributed by atoms with van der Waals surface area (Å²) in [5.74, 6) is 0.431. The molecular formula is C28H23ClN2O2. The van der Waals surface area contributed by atoms with Crippen molar-refractivity contribution in [3.63, 3.8) is 0 Å². The van der Waals surface area contributed by atoms with E-state index in [1.807, 2.05) is 54.6 Å². The zero-order chi connectivity index (χ0) is 22.8. The van der Waals surface area contributed by atoms with Gasteiger partial charge in [0.05, 0.1) is 0 Å². The Morgan fingerprint density at radius 3 is 2.52 bits per heavy atom. The molecule has 0 atom stereocenters.